The number of hydrogen-bond donors (Lipinski definition) is 1. The van der Waals surface area contributed by atoms with Gasteiger partial charge in [-0.1, -0.05) is 25.1 Å². The smallest absolute Gasteiger partial charge is 0.261 e. The number of halogens is 3. The summed E-state index contributed by atoms with van der Waals surface area (Å²) in [5.74, 6) is -2.73. The molecule has 0 fully saturated rings. The van der Waals surface area contributed by atoms with Crippen molar-refractivity contribution in [2.75, 3.05) is 5.32 Å². The summed E-state index contributed by atoms with van der Waals surface area (Å²) in [6.45, 7) is 2.00. The lowest BCUT2D eigenvalue weighted by atomic mass is 10.1. The maximum Gasteiger partial charge on any atom is 0.261 e. The van der Waals surface area contributed by atoms with Gasteiger partial charge in [-0.3, -0.25) is 4.79 Å². The minimum atomic E-state index is -0.927. The number of rotatable bonds is 5. The lowest BCUT2D eigenvalue weighted by molar-refractivity contribution is 0.101. The molecule has 0 aliphatic heterocycles. The van der Waals surface area contributed by atoms with Crippen LogP contribution in [0.4, 0.5) is 14.5 Å². The van der Waals surface area contributed by atoms with E-state index in [4.69, 9.17) is 16.6 Å². The molecule has 4 rings (SSSR count). The minimum absolute atomic E-state index is 0.128. The van der Waals surface area contributed by atoms with Gasteiger partial charge >= 0.3 is 0 Å². The van der Waals surface area contributed by atoms with E-state index in [2.05, 4.69) is 15.3 Å². The molecule has 1 amide bonds. The van der Waals surface area contributed by atoms with Crippen molar-refractivity contribution >= 4 is 34.5 Å². The van der Waals surface area contributed by atoms with Crippen LogP contribution in [0.3, 0.4) is 0 Å². The Labute approximate surface area is 185 Å². The van der Waals surface area contributed by atoms with Gasteiger partial charge in [0.15, 0.2) is 0 Å². The number of carbonyl (C=O) groups excluding carboxylic acids is 1. The molecule has 0 saturated carbocycles. The quantitative estimate of drug-likeness (QED) is 0.373. The fourth-order valence-electron chi connectivity index (χ4n) is 3.00. The van der Waals surface area contributed by atoms with Crippen LogP contribution >= 0.6 is 22.9 Å². The third-order valence-corrected chi connectivity index (χ3v) is 5.82. The normalized spacial score (nSPS) is 10.8. The zero-order valence-corrected chi connectivity index (χ0v) is 17.8. The summed E-state index contributed by atoms with van der Waals surface area (Å²) in [5, 5.41) is 3.58. The standard InChI is InChI=1S/C22H15ClF2N4OS/c1-2-17-29-19(20(31-17)16-9-10-26-22(23)28-16)12-5-3-6-13(11-12)27-21(30)18-14(24)7-4-8-15(18)25/h3-11H,2H2,1H3,(H,27,30). The Balaban J connectivity index is 1.71. The molecule has 0 aliphatic rings. The van der Waals surface area contributed by atoms with Gasteiger partial charge in [0.2, 0.25) is 5.28 Å². The van der Waals surface area contributed by atoms with Crippen molar-refractivity contribution in [2.24, 2.45) is 0 Å². The molecule has 2 aromatic carbocycles. The molecular weight excluding hydrogens is 442 g/mol. The first-order valence-corrected chi connectivity index (χ1v) is 10.5. The molecule has 0 aliphatic carbocycles. The second-order valence-electron chi connectivity index (χ2n) is 6.48. The molecule has 156 valence electrons. The molecule has 0 bridgehead atoms. The van der Waals surface area contributed by atoms with Crippen molar-refractivity contribution in [3.63, 3.8) is 0 Å². The number of hydrogen-bond acceptors (Lipinski definition) is 5. The Morgan fingerprint density at radius 3 is 2.55 bits per heavy atom. The third-order valence-electron chi connectivity index (χ3n) is 4.42. The van der Waals surface area contributed by atoms with Crippen molar-refractivity contribution in [3.8, 4) is 21.8 Å². The highest BCUT2D eigenvalue weighted by Gasteiger charge is 2.19. The van der Waals surface area contributed by atoms with Gasteiger partial charge in [0.1, 0.15) is 17.2 Å². The predicted octanol–water partition coefficient (Wildman–Crippen LogP) is 6.01. The van der Waals surface area contributed by atoms with E-state index in [9.17, 15) is 13.6 Å². The number of carbonyl (C=O) groups is 1. The summed E-state index contributed by atoms with van der Waals surface area (Å²) in [7, 11) is 0. The van der Waals surface area contributed by atoms with Crippen LogP contribution in [0.15, 0.2) is 54.7 Å². The fraction of sp³-hybridized carbons (Fsp3) is 0.0909. The highest BCUT2D eigenvalue weighted by Crippen LogP contribution is 2.37. The summed E-state index contributed by atoms with van der Waals surface area (Å²) >= 11 is 7.44. The monoisotopic (exact) mass is 456 g/mol. The van der Waals surface area contributed by atoms with Crippen LogP contribution in [0.5, 0.6) is 0 Å². The van der Waals surface area contributed by atoms with Crippen molar-refractivity contribution in [3.05, 3.63) is 82.2 Å². The van der Waals surface area contributed by atoms with Crippen LogP contribution in [0.25, 0.3) is 21.8 Å². The first-order valence-electron chi connectivity index (χ1n) is 9.30. The number of anilines is 1. The molecule has 0 atom stereocenters. The van der Waals surface area contributed by atoms with Crippen LogP contribution in [-0.4, -0.2) is 20.9 Å². The lowest BCUT2D eigenvalue weighted by Gasteiger charge is -2.09. The van der Waals surface area contributed by atoms with Crippen LogP contribution in [0.2, 0.25) is 5.28 Å². The SMILES string of the molecule is CCc1nc(-c2cccc(NC(=O)c3c(F)cccc3F)c2)c(-c2ccnc(Cl)n2)s1. The summed E-state index contributed by atoms with van der Waals surface area (Å²) in [5.41, 5.74) is 1.77. The fourth-order valence-corrected chi connectivity index (χ4v) is 4.14. The van der Waals surface area contributed by atoms with E-state index in [1.807, 2.05) is 13.0 Å². The number of aromatic nitrogens is 3. The highest BCUT2D eigenvalue weighted by atomic mass is 35.5. The van der Waals surface area contributed by atoms with Gasteiger partial charge in [0.05, 0.1) is 21.3 Å². The molecule has 4 aromatic rings. The number of amides is 1. The highest BCUT2D eigenvalue weighted by molar-refractivity contribution is 7.15. The first-order chi connectivity index (χ1) is 15.0. The van der Waals surface area contributed by atoms with Gasteiger partial charge in [-0.25, -0.2) is 23.7 Å². The van der Waals surface area contributed by atoms with Gasteiger partial charge in [-0.05, 0) is 48.4 Å². The minimum Gasteiger partial charge on any atom is -0.322 e. The third kappa shape index (κ3) is 4.45. The zero-order valence-electron chi connectivity index (χ0n) is 16.2. The lowest BCUT2D eigenvalue weighted by Crippen LogP contribution is -2.15. The van der Waals surface area contributed by atoms with Gasteiger partial charge in [-0.15, -0.1) is 11.3 Å². The van der Waals surface area contributed by atoms with Gasteiger partial charge in [-0.2, -0.15) is 0 Å². The maximum absolute atomic E-state index is 13.9. The van der Waals surface area contributed by atoms with Crippen LogP contribution in [0.1, 0.15) is 22.3 Å². The number of nitrogens with zero attached hydrogens (tertiary/aromatic N) is 3. The van der Waals surface area contributed by atoms with Gasteiger partial charge in [0.25, 0.3) is 5.91 Å². The molecule has 0 saturated heterocycles. The van der Waals surface area contributed by atoms with Gasteiger partial charge in [0, 0.05) is 17.4 Å². The van der Waals surface area contributed by atoms with E-state index in [-0.39, 0.29) is 5.28 Å². The maximum atomic E-state index is 13.9. The van der Waals surface area contributed by atoms with E-state index in [1.165, 1.54) is 17.4 Å². The Morgan fingerprint density at radius 1 is 1.10 bits per heavy atom. The second-order valence-corrected chi connectivity index (χ2v) is 7.90. The topological polar surface area (TPSA) is 67.8 Å². The van der Waals surface area contributed by atoms with Crippen molar-refractivity contribution in [1.82, 2.24) is 15.0 Å². The van der Waals surface area contributed by atoms with Crippen molar-refractivity contribution < 1.29 is 13.6 Å². The number of aryl methyl sites for hydroxylation is 1. The Morgan fingerprint density at radius 2 is 1.84 bits per heavy atom. The van der Waals surface area contributed by atoms with E-state index < -0.39 is 23.1 Å². The van der Waals surface area contributed by atoms with E-state index in [0.29, 0.717) is 22.6 Å². The second kappa shape index (κ2) is 8.87. The molecule has 31 heavy (non-hydrogen) atoms. The van der Waals surface area contributed by atoms with E-state index in [1.54, 1.807) is 30.5 Å². The molecule has 9 heteroatoms. The number of benzene rings is 2. The van der Waals surface area contributed by atoms with Crippen LogP contribution in [-0.2, 0) is 6.42 Å². The summed E-state index contributed by atoms with van der Waals surface area (Å²) in [6.07, 6.45) is 2.30. The van der Waals surface area contributed by atoms with Crippen LogP contribution < -0.4 is 5.32 Å². The Bertz CT molecular complexity index is 1260. The number of nitrogens with one attached hydrogen (secondary N) is 1. The van der Waals surface area contributed by atoms with Crippen molar-refractivity contribution in [1.29, 1.82) is 0 Å². The van der Waals surface area contributed by atoms with E-state index in [0.717, 1.165) is 28.4 Å². The Kier molecular flexibility index (Phi) is 6.01. The van der Waals surface area contributed by atoms with Gasteiger partial charge < -0.3 is 5.32 Å². The average molecular weight is 457 g/mol. The molecule has 2 aromatic heterocycles. The first kappa shape index (κ1) is 21.0. The Hall–Kier alpha value is -3.23. The molecule has 0 spiro atoms. The molecule has 2 heterocycles. The zero-order chi connectivity index (χ0) is 22.0. The summed E-state index contributed by atoms with van der Waals surface area (Å²) < 4.78 is 27.9. The van der Waals surface area contributed by atoms with Crippen molar-refractivity contribution in [2.45, 2.75) is 13.3 Å². The molecule has 1 N–H and O–H groups in total. The van der Waals surface area contributed by atoms with E-state index >= 15 is 0 Å². The largest absolute Gasteiger partial charge is 0.322 e. The predicted molar refractivity (Wildman–Crippen MR) is 117 cm³/mol. The molecule has 0 radical (unpaired) electrons. The van der Waals surface area contributed by atoms with Crippen LogP contribution in [0, 0.1) is 11.6 Å². The average Bonchev–Trinajstić information content (AvgIpc) is 3.18. The molecule has 5 nitrogen and oxygen atoms in total. The summed E-state index contributed by atoms with van der Waals surface area (Å²) in [6, 6.07) is 11.9. The number of thiazole rings is 1. The molecular formula is C22H15ClF2N4OS. The summed E-state index contributed by atoms with van der Waals surface area (Å²) in [4.78, 5) is 26.1. The molecule has 0 unspecified atom stereocenters.